The van der Waals surface area contributed by atoms with E-state index in [0.29, 0.717) is 16.2 Å². The summed E-state index contributed by atoms with van der Waals surface area (Å²) in [6.45, 7) is 11.7. The summed E-state index contributed by atoms with van der Waals surface area (Å²) in [6.07, 6.45) is 0. The van der Waals surface area contributed by atoms with Gasteiger partial charge in [-0.25, -0.2) is 0 Å². The van der Waals surface area contributed by atoms with Gasteiger partial charge in [-0.2, -0.15) is 8.42 Å². The van der Waals surface area contributed by atoms with Crippen LogP contribution in [0.1, 0.15) is 96.7 Å². The Bertz CT molecular complexity index is 1050. The average Bonchev–Trinajstić information content (AvgIpc) is 2.91. The molecule has 0 aliphatic carbocycles. The van der Waals surface area contributed by atoms with Gasteiger partial charge in [0, 0.05) is 0 Å². The van der Waals surface area contributed by atoms with Crippen molar-refractivity contribution in [2.45, 2.75) is 64.2 Å². The van der Waals surface area contributed by atoms with E-state index in [2.05, 4.69) is 0 Å². The molecule has 6 nitrogen and oxygen atoms in total. The summed E-state index contributed by atoms with van der Waals surface area (Å²) in [5, 5.41) is 0.352. The van der Waals surface area contributed by atoms with Crippen LogP contribution in [0.5, 0.6) is 0 Å². The predicted molar refractivity (Wildman–Crippen MR) is 114 cm³/mol. The lowest BCUT2D eigenvalue weighted by atomic mass is 9.89. The van der Waals surface area contributed by atoms with Crippen molar-refractivity contribution in [2.24, 2.45) is 0 Å². The van der Waals surface area contributed by atoms with Gasteiger partial charge in [-0.15, -0.1) is 9.35 Å². The Morgan fingerprint density at radius 1 is 0.767 bits per heavy atom. The van der Waals surface area contributed by atoms with Gasteiger partial charge in [0.2, 0.25) is 0 Å². The van der Waals surface area contributed by atoms with Crippen LogP contribution < -0.4 is 0 Å². The third kappa shape index (κ3) is 3.79. The highest BCUT2D eigenvalue weighted by molar-refractivity contribution is 7.86. The van der Waals surface area contributed by atoms with E-state index >= 15 is 0 Å². The molecule has 0 N–H and O–H groups in total. The molecule has 1 heterocycles. The summed E-state index contributed by atoms with van der Waals surface area (Å²) in [5.74, 6) is -1.55. The number of hydrogen-bond acceptors (Lipinski definition) is 5. The maximum Gasteiger partial charge on any atom is 0.318 e. The first-order chi connectivity index (χ1) is 14.0. The van der Waals surface area contributed by atoms with E-state index in [0.717, 1.165) is 5.56 Å². The van der Waals surface area contributed by atoms with Crippen molar-refractivity contribution in [3.8, 4) is 0 Å². The number of carbonyl (C=O) groups is 2. The summed E-state index contributed by atoms with van der Waals surface area (Å²) >= 11 is 0. The molecule has 1 aliphatic rings. The van der Waals surface area contributed by atoms with Crippen LogP contribution in [0, 0.1) is 0 Å². The van der Waals surface area contributed by atoms with Crippen molar-refractivity contribution in [3.05, 3.63) is 64.2 Å². The number of carbonyl (C=O) groups excluding carboxylic acids is 2. The van der Waals surface area contributed by atoms with Crippen LogP contribution in [-0.2, 0) is 14.4 Å². The molecular weight excluding hydrogens is 402 g/mol. The number of imide groups is 1. The van der Waals surface area contributed by atoms with Crippen LogP contribution in [0.2, 0.25) is 0 Å². The molecule has 0 radical (unpaired) electrons. The maximum atomic E-state index is 13.4. The van der Waals surface area contributed by atoms with Gasteiger partial charge in [-0.3, -0.25) is 9.59 Å². The quantitative estimate of drug-likeness (QED) is 0.606. The fraction of sp³-hybridized carbons (Fsp3) is 0.391. The number of rotatable bonds is 6. The van der Waals surface area contributed by atoms with Crippen molar-refractivity contribution in [1.82, 2.24) is 5.06 Å². The maximum absolute atomic E-state index is 13.4. The predicted octanol–water partition coefficient (Wildman–Crippen LogP) is 4.97. The monoisotopic (exact) mass is 429 g/mol. The van der Waals surface area contributed by atoms with E-state index in [9.17, 15) is 18.0 Å². The largest absolute Gasteiger partial charge is 0.318 e. The molecule has 2 aromatic carbocycles. The molecule has 160 valence electrons. The number of hydrogen-bond donors (Lipinski definition) is 0. The van der Waals surface area contributed by atoms with Crippen molar-refractivity contribution in [2.75, 3.05) is 0 Å². The fourth-order valence-corrected chi connectivity index (χ4v) is 5.12. The first-order valence-electron chi connectivity index (χ1n) is 10.1. The van der Waals surface area contributed by atoms with Crippen molar-refractivity contribution in [1.29, 1.82) is 0 Å². The second-order valence-electron chi connectivity index (χ2n) is 8.47. The molecule has 2 amide bonds. The van der Waals surface area contributed by atoms with E-state index < -0.39 is 21.9 Å². The van der Waals surface area contributed by atoms with Crippen LogP contribution in [0.4, 0.5) is 0 Å². The molecule has 0 saturated carbocycles. The molecule has 3 rings (SSSR count). The van der Waals surface area contributed by atoms with Gasteiger partial charge in [0.1, 0.15) is 4.90 Å². The second-order valence-corrected chi connectivity index (χ2v) is 9.94. The third-order valence-electron chi connectivity index (χ3n) is 5.26. The van der Waals surface area contributed by atoms with Crippen LogP contribution in [0.25, 0.3) is 0 Å². The Labute approximate surface area is 177 Å². The summed E-state index contributed by atoms with van der Waals surface area (Å²) in [5.41, 5.74) is 2.51. The Hall–Kier alpha value is -2.51. The number of benzene rings is 2. The molecule has 0 bridgehead atoms. The average molecular weight is 430 g/mol. The number of fused-ring (bicyclic) bond motifs is 1. The molecule has 1 aliphatic heterocycles. The second kappa shape index (κ2) is 7.96. The minimum absolute atomic E-state index is 0.0356. The minimum atomic E-state index is -4.44. The zero-order valence-corrected chi connectivity index (χ0v) is 18.9. The van der Waals surface area contributed by atoms with Crippen LogP contribution in [-0.4, -0.2) is 25.3 Å². The molecule has 0 unspecified atom stereocenters. The Balaban J connectivity index is 2.13. The number of amides is 2. The topological polar surface area (TPSA) is 80.8 Å². The van der Waals surface area contributed by atoms with Gasteiger partial charge in [-0.05, 0) is 46.6 Å². The van der Waals surface area contributed by atoms with Gasteiger partial charge >= 0.3 is 10.1 Å². The normalized spacial score (nSPS) is 14.4. The lowest BCUT2D eigenvalue weighted by Crippen LogP contribution is -2.33. The zero-order valence-electron chi connectivity index (χ0n) is 18.1. The molecule has 0 fully saturated rings. The minimum Gasteiger partial charge on any atom is -0.266 e. The van der Waals surface area contributed by atoms with Crippen LogP contribution in [0.3, 0.4) is 0 Å². The fourth-order valence-electron chi connectivity index (χ4n) is 3.55. The van der Waals surface area contributed by atoms with E-state index in [1.807, 2.05) is 53.7 Å². The summed E-state index contributed by atoms with van der Waals surface area (Å²) in [6, 6.07) is 9.92. The highest BCUT2D eigenvalue weighted by Gasteiger charge is 2.41. The summed E-state index contributed by atoms with van der Waals surface area (Å²) in [7, 11) is -4.44. The molecule has 0 spiro atoms. The molecule has 7 heteroatoms. The lowest BCUT2D eigenvalue weighted by Gasteiger charge is -2.23. The van der Waals surface area contributed by atoms with E-state index in [1.165, 1.54) is 12.1 Å². The highest BCUT2D eigenvalue weighted by Crippen LogP contribution is 2.37. The van der Waals surface area contributed by atoms with Gasteiger partial charge in [0.05, 0.1) is 11.1 Å². The van der Waals surface area contributed by atoms with E-state index in [4.69, 9.17) is 4.28 Å². The molecule has 2 aromatic rings. The van der Waals surface area contributed by atoms with E-state index in [1.54, 1.807) is 12.1 Å². The zero-order chi connectivity index (χ0) is 22.4. The summed E-state index contributed by atoms with van der Waals surface area (Å²) in [4.78, 5) is 25.3. The molecule has 0 atom stereocenters. The van der Waals surface area contributed by atoms with Crippen LogP contribution >= 0.6 is 0 Å². The molecule has 0 saturated heterocycles. The van der Waals surface area contributed by atoms with E-state index in [-0.39, 0.29) is 33.8 Å². The number of nitrogens with zero attached hydrogens (tertiary/aromatic N) is 1. The third-order valence-corrected chi connectivity index (χ3v) is 6.58. The summed E-state index contributed by atoms with van der Waals surface area (Å²) < 4.78 is 32.0. The Kier molecular flexibility index (Phi) is 5.89. The van der Waals surface area contributed by atoms with Gasteiger partial charge in [0.25, 0.3) is 11.8 Å². The smallest absolute Gasteiger partial charge is 0.266 e. The Morgan fingerprint density at radius 2 is 1.20 bits per heavy atom. The van der Waals surface area contributed by atoms with Gasteiger partial charge in [0.15, 0.2) is 0 Å². The SMILES string of the molecule is CC(C)c1cc(C(C)C)c(S(=O)(=O)ON2C(=O)c3ccccc3C2=O)c(C(C)C)c1. The van der Waals surface area contributed by atoms with Crippen molar-refractivity contribution in [3.63, 3.8) is 0 Å². The standard InChI is InChI=1S/C23H27NO5S/c1-13(2)16-11-19(14(3)4)21(20(12-16)15(5)6)30(27,28)29-24-22(25)17-9-7-8-10-18(17)23(24)26/h7-15H,1-6H3. The van der Waals surface area contributed by atoms with Gasteiger partial charge < -0.3 is 0 Å². The Morgan fingerprint density at radius 3 is 1.57 bits per heavy atom. The molecule has 0 aromatic heterocycles. The first-order valence-corrected chi connectivity index (χ1v) is 11.5. The molecule has 30 heavy (non-hydrogen) atoms. The first kappa shape index (κ1) is 22.2. The molecular formula is C23H27NO5S. The van der Waals surface area contributed by atoms with Crippen LogP contribution in [0.15, 0.2) is 41.3 Å². The van der Waals surface area contributed by atoms with Gasteiger partial charge in [-0.1, -0.05) is 65.8 Å². The number of hydroxylamine groups is 2. The van der Waals surface area contributed by atoms with Crippen molar-refractivity contribution >= 4 is 21.9 Å². The highest BCUT2D eigenvalue weighted by atomic mass is 32.2. The lowest BCUT2D eigenvalue weighted by molar-refractivity contribution is -0.0104. The van der Waals surface area contributed by atoms with Crippen molar-refractivity contribution < 1.29 is 22.3 Å².